The molecule has 3 rings (SSSR count). The summed E-state index contributed by atoms with van der Waals surface area (Å²) in [4.78, 5) is 11.6. The number of aromatic carboxylic acids is 1. The van der Waals surface area contributed by atoms with Crippen LogP contribution in [0.25, 0.3) is 10.8 Å². The van der Waals surface area contributed by atoms with E-state index < -0.39 is 5.97 Å². The van der Waals surface area contributed by atoms with Crippen LogP contribution >= 0.6 is 0 Å². The van der Waals surface area contributed by atoms with E-state index in [1.54, 1.807) is 6.07 Å². The molecule has 1 atom stereocenters. The number of carbonyl (C=O) groups is 1. The second kappa shape index (κ2) is 5.51. The Balaban J connectivity index is 2.01. The molecule has 4 heteroatoms. The van der Waals surface area contributed by atoms with Crippen LogP contribution < -0.4 is 4.74 Å². The van der Waals surface area contributed by atoms with Crippen molar-refractivity contribution in [2.45, 2.75) is 18.9 Å². The van der Waals surface area contributed by atoms with Crippen LogP contribution in [-0.4, -0.2) is 30.4 Å². The van der Waals surface area contributed by atoms with Gasteiger partial charge in [-0.05, 0) is 29.7 Å². The molecule has 2 aromatic carbocycles. The molecule has 1 aliphatic rings. The molecule has 2 aromatic rings. The lowest BCUT2D eigenvalue weighted by molar-refractivity contribution is 0.00687. The van der Waals surface area contributed by atoms with Crippen molar-refractivity contribution in [1.29, 1.82) is 0 Å². The number of hydrogen-bond donors (Lipinski definition) is 1. The molecule has 0 saturated carbocycles. The third kappa shape index (κ3) is 2.47. The largest absolute Gasteiger partial charge is 0.487 e. The molecule has 4 nitrogen and oxygen atoms in total. The van der Waals surface area contributed by atoms with Gasteiger partial charge in [0.15, 0.2) is 0 Å². The van der Waals surface area contributed by atoms with Gasteiger partial charge >= 0.3 is 5.97 Å². The highest BCUT2D eigenvalue weighted by Crippen LogP contribution is 2.29. The van der Waals surface area contributed by atoms with Crippen molar-refractivity contribution >= 4 is 16.7 Å². The van der Waals surface area contributed by atoms with E-state index in [0.29, 0.717) is 17.7 Å². The molecule has 0 bridgehead atoms. The number of fused-ring (bicyclic) bond motifs is 1. The summed E-state index contributed by atoms with van der Waals surface area (Å²) in [5.74, 6) is -0.541. The van der Waals surface area contributed by atoms with Crippen LogP contribution in [0.3, 0.4) is 0 Å². The fourth-order valence-corrected chi connectivity index (χ4v) is 2.55. The zero-order valence-corrected chi connectivity index (χ0v) is 11.0. The number of ether oxygens (including phenoxy) is 2. The quantitative estimate of drug-likeness (QED) is 0.932. The van der Waals surface area contributed by atoms with E-state index in [1.165, 1.54) is 0 Å². The minimum atomic E-state index is -0.964. The van der Waals surface area contributed by atoms with Gasteiger partial charge in [0.2, 0.25) is 0 Å². The second-order valence-electron chi connectivity index (χ2n) is 4.92. The standard InChI is InChI=1S/C16H16O4/c17-16(18)15-13-6-2-1-4-11(13)7-8-14(15)20-12-5-3-9-19-10-12/h1-2,4,6-8,12H,3,5,9-10H2,(H,17,18). The third-order valence-corrected chi connectivity index (χ3v) is 3.52. The number of hydrogen-bond acceptors (Lipinski definition) is 3. The van der Waals surface area contributed by atoms with Gasteiger partial charge in [-0.3, -0.25) is 0 Å². The summed E-state index contributed by atoms with van der Waals surface area (Å²) in [6.07, 6.45) is 1.77. The lowest BCUT2D eigenvalue weighted by Gasteiger charge is -2.24. The SMILES string of the molecule is O=C(O)c1c(OC2CCCOC2)ccc2ccccc12. The van der Waals surface area contributed by atoms with Crippen molar-refractivity contribution in [3.05, 3.63) is 42.0 Å². The summed E-state index contributed by atoms with van der Waals surface area (Å²) in [7, 11) is 0. The fraction of sp³-hybridized carbons (Fsp3) is 0.312. The molecule has 1 saturated heterocycles. The molecule has 1 aliphatic heterocycles. The molecule has 1 heterocycles. The highest BCUT2D eigenvalue weighted by atomic mass is 16.5. The fourth-order valence-electron chi connectivity index (χ4n) is 2.55. The Morgan fingerprint density at radius 2 is 2.10 bits per heavy atom. The summed E-state index contributed by atoms with van der Waals surface area (Å²) in [5.41, 5.74) is 0.230. The molecule has 20 heavy (non-hydrogen) atoms. The van der Waals surface area contributed by atoms with E-state index >= 15 is 0 Å². The van der Waals surface area contributed by atoms with Crippen LogP contribution in [0, 0.1) is 0 Å². The first-order valence-corrected chi connectivity index (χ1v) is 6.75. The first kappa shape index (κ1) is 12.9. The molecular formula is C16H16O4. The molecule has 104 valence electrons. The highest BCUT2D eigenvalue weighted by molar-refractivity contribution is 6.06. The number of carboxylic acids is 1. The minimum absolute atomic E-state index is 0.0667. The molecular weight excluding hydrogens is 256 g/mol. The van der Waals surface area contributed by atoms with E-state index in [1.807, 2.05) is 30.3 Å². The Morgan fingerprint density at radius 3 is 2.85 bits per heavy atom. The maximum Gasteiger partial charge on any atom is 0.340 e. The summed E-state index contributed by atoms with van der Waals surface area (Å²) < 4.78 is 11.2. The molecule has 0 spiro atoms. The highest BCUT2D eigenvalue weighted by Gasteiger charge is 2.21. The van der Waals surface area contributed by atoms with E-state index in [-0.39, 0.29) is 11.7 Å². The van der Waals surface area contributed by atoms with E-state index in [4.69, 9.17) is 9.47 Å². The van der Waals surface area contributed by atoms with Crippen LogP contribution in [0.15, 0.2) is 36.4 Å². The average molecular weight is 272 g/mol. The van der Waals surface area contributed by atoms with Gasteiger partial charge in [0.1, 0.15) is 17.4 Å². The van der Waals surface area contributed by atoms with Gasteiger partial charge in [-0.25, -0.2) is 4.79 Å². The Morgan fingerprint density at radius 1 is 1.25 bits per heavy atom. The van der Waals surface area contributed by atoms with Crippen molar-refractivity contribution in [3.63, 3.8) is 0 Å². The number of benzene rings is 2. The lowest BCUT2D eigenvalue weighted by atomic mass is 10.0. The molecule has 0 amide bonds. The Bertz CT molecular complexity index is 629. The first-order valence-electron chi connectivity index (χ1n) is 6.75. The van der Waals surface area contributed by atoms with Gasteiger partial charge in [-0.2, -0.15) is 0 Å². The molecule has 0 aromatic heterocycles. The van der Waals surface area contributed by atoms with E-state index in [2.05, 4.69) is 0 Å². The topological polar surface area (TPSA) is 55.8 Å². The van der Waals surface area contributed by atoms with Crippen molar-refractivity contribution in [1.82, 2.24) is 0 Å². The van der Waals surface area contributed by atoms with Gasteiger partial charge in [-0.15, -0.1) is 0 Å². The van der Waals surface area contributed by atoms with Crippen molar-refractivity contribution < 1.29 is 19.4 Å². The average Bonchev–Trinajstić information content (AvgIpc) is 2.47. The lowest BCUT2D eigenvalue weighted by Crippen LogP contribution is -2.28. The molecule has 1 unspecified atom stereocenters. The molecule has 1 fully saturated rings. The maximum absolute atomic E-state index is 11.6. The van der Waals surface area contributed by atoms with Gasteiger partial charge in [-0.1, -0.05) is 30.3 Å². The van der Waals surface area contributed by atoms with Gasteiger partial charge < -0.3 is 14.6 Å². The minimum Gasteiger partial charge on any atom is -0.487 e. The van der Waals surface area contributed by atoms with Gasteiger partial charge in [0.25, 0.3) is 0 Å². The summed E-state index contributed by atoms with van der Waals surface area (Å²) in [5, 5.41) is 11.1. The zero-order chi connectivity index (χ0) is 13.9. The third-order valence-electron chi connectivity index (χ3n) is 3.52. The van der Waals surface area contributed by atoms with Crippen molar-refractivity contribution in [2.75, 3.05) is 13.2 Å². The predicted octanol–water partition coefficient (Wildman–Crippen LogP) is 3.10. The van der Waals surface area contributed by atoms with Crippen LogP contribution in [0.1, 0.15) is 23.2 Å². The van der Waals surface area contributed by atoms with Crippen LogP contribution in [0.2, 0.25) is 0 Å². The Labute approximate surface area is 116 Å². The van der Waals surface area contributed by atoms with Crippen LogP contribution in [0.4, 0.5) is 0 Å². The normalized spacial score (nSPS) is 18.9. The maximum atomic E-state index is 11.6. The number of carboxylic acid groups (broad SMARTS) is 1. The summed E-state index contributed by atoms with van der Waals surface area (Å²) in [6, 6.07) is 11.1. The smallest absolute Gasteiger partial charge is 0.340 e. The van der Waals surface area contributed by atoms with Crippen molar-refractivity contribution in [2.24, 2.45) is 0 Å². The van der Waals surface area contributed by atoms with E-state index in [0.717, 1.165) is 24.8 Å². The first-order chi connectivity index (χ1) is 9.75. The number of rotatable bonds is 3. The van der Waals surface area contributed by atoms with Gasteiger partial charge in [0.05, 0.1) is 6.61 Å². The summed E-state index contributed by atoms with van der Waals surface area (Å²) in [6.45, 7) is 1.27. The van der Waals surface area contributed by atoms with Crippen LogP contribution in [-0.2, 0) is 4.74 Å². The summed E-state index contributed by atoms with van der Waals surface area (Å²) >= 11 is 0. The Hall–Kier alpha value is -2.07. The molecule has 0 radical (unpaired) electrons. The Kier molecular flexibility index (Phi) is 3.56. The predicted molar refractivity (Wildman–Crippen MR) is 75.4 cm³/mol. The monoisotopic (exact) mass is 272 g/mol. The molecule has 0 aliphatic carbocycles. The van der Waals surface area contributed by atoms with E-state index in [9.17, 15) is 9.90 Å². The zero-order valence-electron chi connectivity index (χ0n) is 11.0. The van der Waals surface area contributed by atoms with Crippen LogP contribution in [0.5, 0.6) is 5.75 Å². The second-order valence-corrected chi connectivity index (χ2v) is 4.92. The van der Waals surface area contributed by atoms with Gasteiger partial charge in [0, 0.05) is 6.61 Å². The molecule has 1 N–H and O–H groups in total. The van der Waals surface area contributed by atoms with Crippen molar-refractivity contribution in [3.8, 4) is 5.75 Å².